The second-order valence-electron chi connectivity index (χ2n) is 5.77. The standard InChI is InChI=1S/C16H19ClN2O2/c1-2-20-14-5-3-4-11-16(14)18-15(9-17)19(11)12-8-10-6-7-13(12)21-10/h3-5,10,12-13H,2,6-9H2,1H3. The number of benzene rings is 1. The zero-order chi connectivity index (χ0) is 14.4. The van der Waals surface area contributed by atoms with Crippen LogP contribution >= 0.6 is 11.6 Å². The van der Waals surface area contributed by atoms with Crippen molar-refractivity contribution in [2.75, 3.05) is 6.61 Å². The summed E-state index contributed by atoms with van der Waals surface area (Å²) in [7, 11) is 0. The Morgan fingerprint density at radius 1 is 1.43 bits per heavy atom. The average molecular weight is 307 g/mol. The molecule has 1 aromatic heterocycles. The molecular formula is C16H19ClN2O2. The molecule has 3 heterocycles. The first-order chi connectivity index (χ1) is 10.3. The third-order valence-corrected chi connectivity index (χ3v) is 4.82. The maximum atomic E-state index is 6.15. The molecule has 2 bridgehead atoms. The number of ether oxygens (including phenoxy) is 2. The van der Waals surface area contributed by atoms with Crippen LogP contribution in [0.1, 0.15) is 38.1 Å². The van der Waals surface area contributed by atoms with E-state index >= 15 is 0 Å². The summed E-state index contributed by atoms with van der Waals surface area (Å²) >= 11 is 6.15. The van der Waals surface area contributed by atoms with Crippen molar-refractivity contribution < 1.29 is 9.47 Å². The second-order valence-corrected chi connectivity index (χ2v) is 6.03. The zero-order valence-electron chi connectivity index (χ0n) is 12.1. The van der Waals surface area contributed by atoms with Gasteiger partial charge in [-0.1, -0.05) is 6.07 Å². The number of rotatable bonds is 4. The monoisotopic (exact) mass is 306 g/mol. The van der Waals surface area contributed by atoms with Crippen molar-refractivity contribution >= 4 is 22.6 Å². The number of imidazole rings is 1. The summed E-state index contributed by atoms with van der Waals surface area (Å²) in [6.45, 7) is 2.63. The predicted octanol–water partition coefficient (Wildman–Crippen LogP) is 3.67. The van der Waals surface area contributed by atoms with Crippen LogP contribution in [-0.2, 0) is 10.6 Å². The molecule has 4 rings (SSSR count). The second kappa shape index (κ2) is 5.18. The van der Waals surface area contributed by atoms with Gasteiger partial charge in [-0.25, -0.2) is 4.98 Å². The average Bonchev–Trinajstić information content (AvgIpc) is 3.20. The molecule has 0 saturated carbocycles. The van der Waals surface area contributed by atoms with Crippen molar-refractivity contribution in [3.8, 4) is 5.75 Å². The van der Waals surface area contributed by atoms with Crippen LogP contribution in [0.25, 0.3) is 11.0 Å². The number of hydrogen-bond acceptors (Lipinski definition) is 3. The van der Waals surface area contributed by atoms with Gasteiger partial charge in [-0.2, -0.15) is 0 Å². The van der Waals surface area contributed by atoms with E-state index in [4.69, 9.17) is 26.1 Å². The van der Waals surface area contributed by atoms with Crippen LogP contribution in [-0.4, -0.2) is 28.4 Å². The van der Waals surface area contributed by atoms with E-state index in [2.05, 4.69) is 10.6 Å². The Kier molecular flexibility index (Phi) is 3.31. The number of alkyl halides is 1. The van der Waals surface area contributed by atoms with E-state index in [1.54, 1.807) is 0 Å². The van der Waals surface area contributed by atoms with Crippen LogP contribution in [0.4, 0.5) is 0 Å². The van der Waals surface area contributed by atoms with Crippen molar-refractivity contribution in [1.29, 1.82) is 0 Å². The first-order valence-corrected chi connectivity index (χ1v) is 8.19. The molecule has 3 unspecified atom stereocenters. The number of aromatic nitrogens is 2. The fourth-order valence-corrected chi connectivity index (χ4v) is 3.95. The Bertz CT molecular complexity index is 670. The summed E-state index contributed by atoms with van der Waals surface area (Å²) in [4.78, 5) is 4.73. The number of hydrogen-bond donors (Lipinski definition) is 0. The molecule has 2 fully saturated rings. The van der Waals surface area contributed by atoms with Crippen LogP contribution in [0.3, 0.4) is 0 Å². The number of nitrogens with zero attached hydrogens (tertiary/aromatic N) is 2. The molecule has 1 aromatic carbocycles. The maximum Gasteiger partial charge on any atom is 0.147 e. The van der Waals surface area contributed by atoms with Gasteiger partial charge in [-0.05, 0) is 38.3 Å². The van der Waals surface area contributed by atoms with Crippen LogP contribution in [0.15, 0.2) is 18.2 Å². The summed E-state index contributed by atoms with van der Waals surface area (Å²) in [5, 5.41) is 0. The minimum absolute atomic E-state index is 0.310. The molecule has 2 saturated heterocycles. The molecule has 0 amide bonds. The molecule has 0 spiro atoms. The van der Waals surface area contributed by atoms with Crippen molar-refractivity contribution in [3.05, 3.63) is 24.0 Å². The maximum absolute atomic E-state index is 6.15. The molecule has 21 heavy (non-hydrogen) atoms. The largest absolute Gasteiger partial charge is 0.492 e. The molecule has 2 aliphatic heterocycles. The highest BCUT2D eigenvalue weighted by atomic mass is 35.5. The van der Waals surface area contributed by atoms with Crippen molar-refractivity contribution in [3.63, 3.8) is 0 Å². The van der Waals surface area contributed by atoms with E-state index < -0.39 is 0 Å². The molecule has 2 aliphatic rings. The fraction of sp³-hybridized carbons (Fsp3) is 0.562. The molecular weight excluding hydrogens is 288 g/mol. The van der Waals surface area contributed by atoms with Crippen LogP contribution in [0.2, 0.25) is 0 Å². The minimum atomic E-state index is 0.310. The first kappa shape index (κ1) is 13.4. The Morgan fingerprint density at radius 3 is 3.00 bits per heavy atom. The highest BCUT2D eigenvalue weighted by Gasteiger charge is 2.43. The molecule has 4 nitrogen and oxygen atoms in total. The molecule has 0 N–H and O–H groups in total. The van der Waals surface area contributed by atoms with E-state index in [1.165, 1.54) is 6.42 Å². The fourth-order valence-electron chi connectivity index (χ4n) is 3.76. The van der Waals surface area contributed by atoms with E-state index in [1.807, 2.05) is 19.1 Å². The van der Waals surface area contributed by atoms with Gasteiger partial charge in [0.05, 0.1) is 36.3 Å². The summed E-state index contributed by atoms with van der Waals surface area (Å²) in [6.07, 6.45) is 4.12. The lowest BCUT2D eigenvalue weighted by atomic mass is 9.95. The lowest BCUT2D eigenvalue weighted by molar-refractivity contribution is 0.0940. The lowest BCUT2D eigenvalue weighted by Crippen LogP contribution is -2.22. The third-order valence-electron chi connectivity index (χ3n) is 4.58. The van der Waals surface area contributed by atoms with Crippen LogP contribution in [0, 0.1) is 0 Å². The van der Waals surface area contributed by atoms with Gasteiger partial charge in [-0.3, -0.25) is 0 Å². The molecule has 3 atom stereocenters. The SMILES string of the molecule is CCOc1cccc2c1nc(CCl)n2C1CC2CCC1O2. The zero-order valence-corrected chi connectivity index (χ0v) is 12.8. The van der Waals surface area contributed by atoms with E-state index in [0.29, 0.717) is 30.7 Å². The summed E-state index contributed by atoms with van der Waals surface area (Å²) in [5.41, 5.74) is 2.02. The predicted molar refractivity (Wildman–Crippen MR) is 82.0 cm³/mol. The van der Waals surface area contributed by atoms with Gasteiger partial charge in [0.1, 0.15) is 17.1 Å². The topological polar surface area (TPSA) is 36.3 Å². The summed E-state index contributed by atoms with van der Waals surface area (Å²) in [5.74, 6) is 2.16. The Morgan fingerprint density at radius 2 is 2.33 bits per heavy atom. The van der Waals surface area contributed by atoms with Gasteiger partial charge >= 0.3 is 0 Å². The quantitative estimate of drug-likeness (QED) is 0.809. The lowest BCUT2D eigenvalue weighted by Gasteiger charge is -2.22. The molecule has 5 heteroatoms. The van der Waals surface area contributed by atoms with E-state index in [9.17, 15) is 0 Å². The smallest absolute Gasteiger partial charge is 0.147 e. The normalized spacial score (nSPS) is 27.6. The van der Waals surface area contributed by atoms with Gasteiger partial charge in [0.2, 0.25) is 0 Å². The van der Waals surface area contributed by atoms with Crippen molar-refractivity contribution in [2.24, 2.45) is 0 Å². The molecule has 2 aromatic rings. The number of fused-ring (bicyclic) bond motifs is 3. The molecule has 112 valence electrons. The summed E-state index contributed by atoms with van der Waals surface area (Å²) in [6, 6.07) is 6.46. The van der Waals surface area contributed by atoms with Crippen molar-refractivity contribution in [1.82, 2.24) is 9.55 Å². The van der Waals surface area contributed by atoms with E-state index in [0.717, 1.165) is 35.4 Å². The Labute approximate surface area is 129 Å². The van der Waals surface area contributed by atoms with Gasteiger partial charge in [0.15, 0.2) is 0 Å². The van der Waals surface area contributed by atoms with Gasteiger partial charge in [-0.15, -0.1) is 11.6 Å². The van der Waals surface area contributed by atoms with Gasteiger partial charge in [0.25, 0.3) is 0 Å². The molecule has 0 radical (unpaired) electrons. The highest BCUT2D eigenvalue weighted by Crippen LogP contribution is 2.44. The minimum Gasteiger partial charge on any atom is -0.492 e. The molecule has 0 aliphatic carbocycles. The summed E-state index contributed by atoms with van der Waals surface area (Å²) < 4.78 is 14.0. The van der Waals surface area contributed by atoms with Crippen LogP contribution in [0.5, 0.6) is 5.75 Å². The van der Waals surface area contributed by atoms with E-state index in [-0.39, 0.29) is 0 Å². The third kappa shape index (κ3) is 2.04. The van der Waals surface area contributed by atoms with Gasteiger partial charge in [0, 0.05) is 0 Å². The Hall–Kier alpha value is -1.26. The Balaban J connectivity index is 1.85. The highest BCUT2D eigenvalue weighted by molar-refractivity contribution is 6.16. The van der Waals surface area contributed by atoms with Crippen LogP contribution < -0.4 is 4.74 Å². The van der Waals surface area contributed by atoms with Gasteiger partial charge < -0.3 is 14.0 Å². The number of para-hydroxylation sites is 1. The number of halogens is 1. The first-order valence-electron chi connectivity index (χ1n) is 7.66. The van der Waals surface area contributed by atoms with Crippen molar-refractivity contribution in [2.45, 2.75) is 50.3 Å².